The molecule has 24 heavy (non-hydrogen) atoms. The number of rotatable bonds is 1. The van der Waals surface area contributed by atoms with Gasteiger partial charge in [0.15, 0.2) is 0 Å². The maximum atomic E-state index is 11.8. The summed E-state index contributed by atoms with van der Waals surface area (Å²) in [5.74, 6) is 3.44. The van der Waals surface area contributed by atoms with Crippen molar-refractivity contribution in [2.24, 2.45) is 0 Å². The summed E-state index contributed by atoms with van der Waals surface area (Å²) in [4.78, 5) is 11.8. The van der Waals surface area contributed by atoms with Crippen LogP contribution in [0.4, 0.5) is 0 Å². The lowest BCUT2D eigenvalue weighted by Gasteiger charge is -2.33. The predicted molar refractivity (Wildman–Crippen MR) is 99.6 cm³/mol. The molecular weight excluding hydrogens is 314 g/mol. The maximum absolute atomic E-state index is 11.8. The zero-order chi connectivity index (χ0) is 17.5. The number of aromatic nitrogens is 2. The van der Waals surface area contributed by atoms with Crippen molar-refractivity contribution in [3.05, 3.63) is 35.2 Å². The summed E-state index contributed by atoms with van der Waals surface area (Å²) in [6.07, 6.45) is 4.45. The van der Waals surface area contributed by atoms with Crippen molar-refractivity contribution in [2.75, 3.05) is 0 Å². The number of carbonyl (C=O) groups excluding carboxylic acids is 1. The second-order valence-corrected chi connectivity index (χ2v) is 12.7. The average molecular weight is 340 g/mol. The van der Waals surface area contributed by atoms with Crippen LogP contribution in [-0.2, 0) is 17.6 Å². The summed E-state index contributed by atoms with van der Waals surface area (Å²) in [7, 11) is -1.51. The lowest BCUT2D eigenvalue weighted by Crippen LogP contribution is -2.50. The Morgan fingerprint density at radius 3 is 2.79 bits per heavy atom. The Morgan fingerprint density at radius 1 is 1.38 bits per heavy atom. The Bertz CT molecular complexity index is 866. The van der Waals surface area contributed by atoms with Gasteiger partial charge in [-0.05, 0) is 31.4 Å². The van der Waals surface area contributed by atoms with Gasteiger partial charge in [-0.3, -0.25) is 4.79 Å². The molecule has 0 radical (unpaired) electrons. The Hall–Kier alpha value is -2.06. The van der Waals surface area contributed by atoms with Crippen molar-refractivity contribution in [2.45, 2.75) is 58.3 Å². The SMILES string of the molecule is CC(=O)NC1(C#C[Si](C)(C)C)CCc2nn3cc(C)ccc3c2C1. The zero-order valence-corrected chi connectivity index (χ0v) is 16.2. The summed E-state index contributed by atoms with van der Waals surface area (Å²) in [5, 5.41) is 7.88. The molecule has 2 heterocycles. The number of aryl methyl sites for hydroxylation is 2. The highest BCUT2D eigenvalue weighted by Gasteiger charge is 2.36. The van der Waals surface area contributed by atoms with Crippen LogP contribution in [-0.4, -0.2) is 29.1 Å². The van der Waals surface area contributed by atoms with Gasteiger partial charge in [0.05, 0.1) is 11.2 Å². The van der Waals surface area contributed by atoms with E-state index in [1.165, 1.54) is 11.1 Å². The molecule has 1 aliphatic carbocycles. The molecule has 1 atom stereocenters. The molecule has 0 bridgehead atoms. The van der Waals surface area contributed by atoms with E-state index in [0.29, 0.717) is 0 Å². The van der Waals surface area contributed by atoms with Gasteiger partial charge in [0.25, 0.3) is 0 Å². The first-order valence-electron chi connectivity index (χ1n) is 8.47. The third-order valence-corrected chi connectivity index (χ3v) is 5.20. The minimum absolute atomic E-state index is 0.0179. The van der Waals surface area contributed by atoms with Crippen molar-refractivity contribution < 1.29 is 4.79 Å². The number of carbonyl (C=O) groups is 1. The van der Waals surface area contributed by atoms with Crippen LogP contribution in [0.15, 0.2) is 18.3 Å². The average Bonchev–Trinajstić information content (AvgIpc) is 2.80. The van der Waals surface area contributed by atoms with E-state index in [-0.39, 0.29) is 5.91 Å². The van der Waals surface area contributed by atoms with Gasteiger partial charge in [-0.2, -0.15) is 5.10 Å². The minimum Gasteiger partial charge on any atom is -0.340 e. The fraction of sp³-hybridized carbons (Fsp3) is 0.474. The van der Waals surface area contributed by atoms with Gasteiger partial charge < -0.3 is 5.32 Å². The van der Waals surface area contributed by atoms with E-state index < -0.39 is 13.6 Å². The van der Waals surface area contributed by atoms with Crippen LogP contribution in [0.3, 0.4) is 0 Å². The standard InChI is InChI=1S/C19H25N3OSi/c1-14-6-7-18-16-12-19(20-15(2)23,10-11-24(3,4)5)9-8-17(16)21-22(18)13-14/h6-7,13H,8-9,12H2,1-5H3,(H,20,23). The normalized spacial score (nSPS) is 20.2. The predicted octanol–water partition coefficient (Wildman–Crippen LogP) is 2.89. The molecule has 126 valence electrons. The topological polar surface area (TPSA) is 46.4 Å². The van der Waals surface area contributed by atoms with Crippen molar-refractivity contribution in [1.29, 1.82) is 0 Å². The summed E-state index contributed by atoms with van der Waals surface area (Å²) >= 11 is 0. The molecular formula is C19H25N3OSi. The van der Waals surface area contributed by atoms with Gasteiger partial charge in [-0.15, -0.1) is 5.54 Å². The van der Waals surface area contributed by atoms with E-state index in [4.69, 9.17) is 5.10 Å². The summed E-state index contributed by atoms with van der Waals surface area (Å²) < 4.78 is 1.97. The monoisotopic (exact) mass is 339 g/mol. The first kappa shape index (κ1) is 16.8. The lowest BCUT2D eigenvalue weighted by molar-refractivity contribution is -0.120. The van der Waals surface area contributed by atoms with Crippen LogP contribution in [0.2, 0.25) is 19.6 Å². The number of nitrogens with one attached hydrogen (secondary N) is 1. The van der Waals surface area contributed by atoms with E-state index in [1.54, 1.807) is 6.92 Å². The quantitative estimate of drug-likeness (QED) is 0.641. The summed E-state index contributed by atoms with van der Waals surface area (Å²) in [6, 6.07) is 4.23. The Morgan fingerprint density at radius 2 is 2.12 bits per heavy atom. The number of pyridine rings is 1. The first-order valence-corrected chi connectivity index (χ1v) is 12.0. The lowest BCUT2D eigenvalue weighted by atomic mass is 9.80. The van der Waals surface area contributed by atoms with Crippen LogP contribution in [0.1, 0.15) is 30.2 Å². The smallest absolute Gasteiger partial charge is 0.218 e. The highest BCUT2D eigenvalue weighted by molar-refractivity contribution is 6.83. The fourth-order valence-corrected chi connectivity index (χ4v) is 3.87. The molecule has 0 saturated carbocycles. The molecule has 1 amide bonds. The third-order valence-electron chi connectivity index (χ3n) is 4.32. The molecule has 1 unspecified atom stereocenters. The van der Waals surface area contributed by atoms with Gasteiger partial charge in [0.1, 0.15) is 13.6 Å². The zero-order valence-electron chi connectivity index (χ0n) is 15.2. The van der Waals surface area contributed by atoms with Gasteiger partial charge >= 0.3 is 0 Å². The van der Waals surface area contributed by atoms with Crippen LogP contribution in [0, 0.1) is 18.4 Å². The van der Waals surface area contributed by atoms with E-state index >= 15 is 0 Å². The van der Waals surface area contributed by atoms with Gasteiger partial charge in [-0.25, -0.2) is 4.52 Å². The van der Waals surface area contributed by atoms with Gasteiger partial charge in [0.2, 0.25) is 5.91 Å². The molecule has 1 N–H and O–H groups in total. The summed E-state index contributed by atoms with van der Waals surface area (Å²) in [6.45, 7) is 10.3. The van der Waals surface area contributed by atoms with E-state index in [0.717, 1.165) is 30.5 Å². The molecule has 0 aromatic carbocycles. The fourth-order valence-electron chi connectivity index (χ4n) is 3.26. The Kier molecular flexibility index (Phi) is 4.04. The van der Waals surface area contributed by atoms with Crippen molar-refractivity contribution in [3.63, 3.8) is 0 Å². The third kappa shape index (κ3) is 3.39. The van der Waals surface area contributed by atoms with Crippen LogP contribution in [0.5, 0.6) is 0 Å². The highest BCUT2D eigenvalue weighted by Crippen LogP contribution is 2.31. The van der Waals surface area contributed by atoms with Crippen LogP contribution < -0.4 is 5.32 Å². The molecule has 0 aliphatic heterocycles. The highest BCUT2D eigenvalue weighted by atomic mass is 28.3. The number of amides is 1. The molecule has 3 rings (SSSR count). The molecule has 2 aromatic rings. The van der Waals surface area contributed by atoms with Gasteiger partial charge in [0, 0.05) is 25.1 Å². The van der Waals surface area contributed by atoms with Crippen molar-refractivity contribution in [1.82, 2.24) is 14.9 Å². The Balaban J connectivity index is 2.06. The second-order valence-electron chi connectivity index (χ2n) is 7.90. The molecule has 2 aromatic heterocycles. The molecule has 0 fully saturated rings. The number of hydrogen-bond acceptors (Lipinski definition) is 2. The minimum atomic E-state index is -1.51. The number of hydrogen-bond donors (Lipinski definition) is 1. The van der Waals surface area contributed by atoms with Gasteiger partial charge in [-0.1, -0.05) is 31.6 Å². The van der Waals surface area contributed by atoms with Crippen LogP contribution >= 0.6 is 0 Å². The van der Waals surface area contributed by atoms with E-state index in [2.05, 4.69) is 61.7 Å². The first-order chi connectivity index (χ1) is 11.2. The van der Waals surface area contributed by atoms with Crippen LogP contribution in [0.25, 0.3) is 5.52 Å². The summed E-state index contributed by atoms with van der Waals surface area (Å²) in [5.41, 5.74) is 7.67. The maximum Gasteiger partial charge on any atom is 0.218 e. The molecule has 4 nitrogen and oxygen atoms in total. The molecule has 5 heteroatoms. The molecule has 0 spiro atoms. The Labute approximate surface area is 144 Å². The van der Waals surface area contributed by atoms with Crippen molar-refractivity contribution in [3.8, 4) is 11.5 Å². The number of fused-ring (bicyclic) bond motifs is 3. The second kappa shape index (κ2) is 5.78. The molecule has 1 aliphatic rings. The van der Waals surface area contributed by atoms with E-state index in [1.807, 2.05) is 4.52 Å². The largest absolute Gasteiger partial charge is 0.340 e. The number of nitrogens with zero attached hydrogens (tertiary/aromatic N) is 2. The van der Waals surface area contributed by atoms with E-state index in [9.17, 15) is 4.79 Å². The molecule has 0 saturated heterocycles. The van der Waals surface area contributed by atoms with Crippen molar-refractivity contribution >= 4 is 19.5 Å².